The second kappa shape index (κ2) is 7.95. The van der Waals surface area contributed by atoms with Gasteiger partial charge in [0.1, 0.15) is 11.6 Å². The van der Waals surface area contributed by atoms with Gasteiger partial charge < -0.3 is 20.0 Å². The number of rotatable bonds is 6. The first-order valence-electron chi connectivity index (χ1n) is 8.88. The Bertz CT molecular complexity index is 1080. The number of aliphatic imine (C=N–C) groups is 1. The number of fused-ring (bicyclic) bond motifs is 1. The van der Waals surface area contributed by atoms with E-state index in [1.165, 1.54) is 6.07 Å². The van der Waals surface area contributed by atoms with E-state index >= 15 is 0 Å². The van der Waals surface area contributed by atoms with Crippen LogP contribution in [0.5, 0.6) is 0 Å². The predicted octanol–water partition coefficient (Wildman–Crippen LogP) is 2.59. The molecule has 4 aromatic rings. The molecule has 4 N–H and O–H groups in total. The summed E-state index contributed by atoms with van der Waals surface area (Å²) in [5, 5.41) is 14.3. The van der Waals surface area contributed by atoms with Gasteiger partial charge in [-0.05, 0) is 42.3 Å². The smallest absolute Gasteiger partial charge is 0.216 e. The van der Waals surface area contributed by atoms with Crippen LogP contribution in [0.3, 0.4) is 0 Å². The fourth-order valence-electron chi connectivity index (χ4n) is 2.95. The first kappa shape index (κ1) is 17.8. The number of H-pyrrole nitrogens is 2. The molecule has 28 heavy (non-hydrogen) atoms. The summed E-state index contributed by atoms with van der Waals surface area (Å²) in [5.74, 6) is 2.19. The molecule has 0 fully saturated rings. The third-order valence-electron chi connectivity index (χ3n) is 4.34. The minimum Gasteiger partial charge on any atom is -0.461 e. The summed E-state index contributed by atoms with van der Waals surface area (Å²) in [5.41, 5.74) is 1.98. The van der Waals surface area contributed by atoms with Crippen LogP contribution in [-0.4, -0.2) is 39.7 Å². The van der Waals surface area contributed by atoms with Gasteiger partial charge in [-0.1, -0.05) is 0 Å². The summed E-state index contributed by atoms with van der Waals surface area (Å²) >= 11 is 0. The lowest BCUT2D eigenvalue weighted by atomic mass is 10.1. The Hall–Kier alpha value is -3.62. The van der Waals surface area contributed by atoms with Gasteiger partial charge in [-0.15, -0.1) is 5.10 Å². The number of nitrogens with one attached hydrogen (secondary N) is 4. The van der Waals surface area contributed by atoms with Crippen molar-refractivity contribution in [1.82, 2.24) is 30.8 Å². The number of hydrogen-bond donors (Lipinski definition) is 4. The minimum atomic E-state index is -0.236. The van der Waals surface area contributed by atoms with Gasteiger partial charge in [-0.2, -0.15) is 0 Å². The number of aromatic nitrogens is 4. The topological polar surface area (TPSA) is 107 Å². The highest BCUT2D eigenvalue weighted by atomic mass is 19.1. The molecule has 1 aromatic carbocycles. The molecule has 0 unspecified atom stereocenters. The van der Waals surface area contributed by atoms with Crippen molar-refractivity contribution >= 4 is 16.9 Å². The van der Waals surface area contributed by atoms with Crippen molar-refractivity contribution in [2.24, 2.45) is 4.99 Å². The van der Waals surface area contributed by atoms with Crippen molar-refractivity contribution in [3.8, 4) is 11.6 Å². The molecular weight excluding hydrogens is 361 g/mol. The van der Waals surface area contributed by atoms with Crippen LogP contribution in [0, 0.1) is 5.82 Å². The first-order valence-corrected chi connectivity index (χ1v) is 8.88. The van der Waals surface area contributed by atoms with Crippen molar-refractivity contribution < 1.29 is 8.81 Å². The van der Waals surface area contributed by atoms with Crippen LogP contribution in [0.15, 0.2) is 52.2 Å². The quantitative estimate of drug-likeness (QED) is 0.303. The van der Waals surface area contributed by atoms with Gasteiger partial charge in [0.05, 0.1) is 12.8 Å². The summed E-state index contributed by atoms with van der Waals surface area (Å²) < 4.78 is 18.8. The molecule has 144 valence electrons. The number of aromatic amines is 2. The van der Waals surface area contributed by atoms with Crippen LogP contribution in [0.2, 0.25) is 0 Å². The Morgan fingerprint density at radius 3 is 3.04 bits per heavy atom. The highest BCUT2D eigenvalue weighted by Crippen LogP contribution is 2.19. The van der Waals surface area contributed by atoms with E-state index in [4.69, 9.17) is 4.42 Å². The lowest BCUT2D eigenvalue weighted by Gasteiger charge is -2.10. The normalized spacial score (nSPS) is 11.9. The van der Waals surface area contributed by atoms with E-state index in [1.54, 1.807) is 37.6 Å². The predicted molar refractivity (Wildman–Crippen MR) is 104 cm³/mol. The average Bonchev–Trinajstić information content (AvgIpc) is 3.45. The van der Waals surface area contributed by atoms with Crippen LogP contribution in [0.1, 0.15) is 11.4 Å². The number of halogens is 1. The summed E-state index contributed by atoms with van der Waals surface area (Å²) in [6.45, 7) is 1.09. The van der Waals surface area contributed by atoms with Crippen LogP contribution < -0.4 is 10.6 Å². The van der Waals surface area contributed by atoms with E-state index < -0.39 is 0 Å². The second-order valence-electron chi connectivity index (χ2n) is 6.19. The first-order chi connectivity index (χ1) is 13.7. The van der Waals surface area contributed by atoms with Crippen LogP contribution in [0.25, 0.3) is 22.5 Å². The molecule has 3 aromatic heterocycles. The Kier molecular flexibility index (Phi) is 5.05. The van der Waals surface area contributed by atoms with Crippen LogP contribution >= 0.6 is 0 Å². The van der Waals surface area contributed by atoms with Crippen LogP contribution in [0.4, 0.5) is 4.39 Å². The molecule has 0 saturated heterocycles. The van der Waals surface area contributed by atoms with E-state index in [9.17, 15) is 4.39 Å². The third-order valence-corrected chi connectivity index (χ3v) is 4.34. The zero-order chi connectivity index (χ0) is 19.3. The fraction of sp³-hybridized carbons (Fsp3) is 0.211. The summed E-state index contributed by atoms with van der Waals surface area (Å²) in [7, 11) is 1.70. The third kappa shape index (κ3) is 3.88. The maximum Gasteiger partial charge on any atom is 0.216 e. The molecule has 3 heterocycles. The maximum atomic E-state index is 13.5. The lowest BCUT2D eigenvalue weighted by Crippen LogP contribution is -2.38. The van der Waals surface area contributed by atoms with Crippen molar-refractivity contribution in [3.63, 3.8) is 0 Å². The Morgan fingerprint density at radius 2 is 2.21 bits per heavy atom. The van der Waals surface area contributed by atoms with Gasteiger partial charge in [0.25, 0.3) is 0 Å². The van der Waals surface area contributed by atoms with Gasteiger partial charge >= 0.3 is 0 Å². The Balaban J connectivity index is 1.30. The highest BCUT2D eigenvalue weighted by molar-refractivity contribution is 5.83. The molecule has 0 radical (unpaired) electrons. The van der Waals surface area contributed by atoms with Gasteiger partial charge in [-0.25, -0.2) is 9.37 Å². The average molecular weight is 381 g/mol. The van der Waals surface area contributed by atoms with E-state index in [1.807, 2.05) is 6.20 Å². The molecule has 0 spiro atoms. The van der Waals surface area contributed by atoms with E-state index in [-0.39, 0.29) is 5.82 Å². The van der Waals surface area contributed by atoms with Crippen LogP contribution in [-0.2, 0) is 13.0 Å². The lowest BCUT2D eigenvalue weighted by molar-refractivity contribution is 0.577. The second-order valence-corrected chi connectivity index (χ2v) is 6.19. The number of hydrogen-bond acceptors (Lipinski definition) is 4. The molecule has 0 saturated carbocycles. The number of guanidine groups is 1. The summed E-state index contributed by atoms with van der Waals surface area (Å²) in [6, 6.07) is 8.34. The van der Waals surface area contributed by atoms with E-state index in [2.05, 4.69) is 35.8 Å². The molecular formula is C19H20FN7O. The van der Waals surface area contributed by atoms with Gasteiger partial charge in [0.15, 0.2) is 11.7 Å². The molecule has 0 bridgehead atoms. The maximum absolute atomic E-state index is 13.5. The summed E-state index contributed by atoms with van der Waals surface area (Å²) in [6.07, 6.45) is 4.22. The van der Waals surface area contributed by atoms with Gasteiger partial charge in [-0.3, -0.25) is 10.1 Å². The standard InChI is InChI=1S/C19H20FN7O/c1-21-19(24-11-17-25-18(27-26-17)16-3-2-8-28-16)22-7-6-12-10-23-15-5-4-13(20)9-14(12)15/h2-5,8-10,23H,6-7,11H2,1H3,(H2,21,22,24)(H,25,26,27). The van der Waals surface area contributed by atoms with Crippen molar-refractivity contribution in [2.75, 3.05) is 13.6 Å². The monoisotopic (exact) mass is 381 g/mol. The molecule has 4 rings (SSSR count). The number of furan rings is 1. The van der Waals surface area contributed by atoms with E-state index in [0.29, 0.717) is 36.5 Å². The van der Waals surface area contributed by atoms with Crippen molar-refractivity contribution in [3.05, 3.63) is 60.0 Å². The zero-order valence-electron chi connectivity index (χ0n) is 15.3. The number of benzene rings is 1. The SMILES string of the molecule is CN=C(NCCc1c[nH]c2ccc(F)cc12)NCc1nc(-c2ccco2)n[nH]1. The number of nitrogens with zero attached hydrogens (tertiary/aromatic N) is 3. The Labute approximate surface area is 160 Å². The molecule has 0 aliphatic heterocycles. The van der Waals surface area contributed by atoms with Crippen molar-refractivity contribution in [2.45, 2.75) is 13.0 Å². The molecule has 8 nitrogen and oxygen atoms in total. The Morgan fingerprint density at radius 1 is 1.29 bits per heavy atom. The fourth-order valence-corrected chi connectivity index (χ4v) is 2.95. The molecule has 0 amide bonds. The molecule has 0 atom stereocenters. The highest BCUT2D eigenvalue weighted by Gasteiger charge is 2.09. The largest absolute Gasteiger partial charge is 0.461 e. The van der Waals surface area contributed by atoms with Gasteiger partial charge in [0.2, 0.25) is 5.82 Å². The van der Waals surface area contributed by atoms with E-state index in [0.717, 1.165) is 22.9 Å². The molecule has 0 aliphatic carbocycles. The zero-order valence-corrected chi connectivity index (χ0v) is 15.3. The molecule has 0 aliphatic rings. The van der Waals surface area contributed by atoms with Crippen molar-refractivity contribution in [1.29, 1.82) is 0 Å². The summed E-state index contributed by atoms with van der Waals surface area (Å²) in [4.78, 5) is 11.7. The molecule has 9 heteroatoms. The van der Waals surface area contributed by atoms with Gasteiger partial charge in [0, 0.05) is 30.7 Å². The minimum absolute atomic E-state index is 0.236.